The maximum absolute atomic E-state index is 14.5. The molecule has 1 aromatic heterocycles. The second kappa shape index (κ2) is 5.52. The van der Waals surface area contributed by atoms with E-state index in [1.54, 1.807) is 17.3 Å². The molecule has 2 aliphatic heterocycles. The molecule has 0 amide bonds. The fraction of sp³-hybridized carbons (Fsp3) is 0.211. The van der Waals surface area contributed by atoms with Crippen LogP contribution in [0.1, 0.15) is 24.6 Å². The summed E-state index contributed by atoms with van der Waals surface area (Å²) in [6.45, 7) is 0.815. The number of hydrogen-bond donors (Lipinski definition) is 1. The molecule has 5 rings (SSSR count). The summed E-state index contributed by atoms with van der Waals surface area (Å²) in [5, 5.41) is 7.86. The molecule has 0 bridgehead atoms. The maximum Gasteiger partial charge on any atom is 0.182 e. The van der Waals surface area contributed by atoms with E-state index in [4.69, 9.17) is 0 Å². The minimum atomic E-state index is -1.19. The molecule has 1 atom stereocenters. The Labute approximate surface area is 147 Å². The van der Waals surface area contributed by atoms with Crippen LogP contribution in [0.4, 0.5) is 18.9 Å². The number of fused-ring (bicyclic) bond motifs is 2. The standard InChI is InChI=1S/C19H15F3N4/c20-13-7-15(21)18(22)17(8-13)26-10-14-2-1-5-25(14)19(26)11-3-4-16-12(6-11)9-23-24-16/h3-4,6-10,19H,1-2,5H2,(H,23,24). The number of halogens is 3. The Bertz CT molecular complexity index is 1040. The van der Waals surface area contributed by atoms with Gasteiger partial charge in [-0.05, 0) is 30.5 Å². The molecule has 2 aromatic carbocycles. The molecular weight excluding hydrogens is 341 g/mol. The maximum atomic E-state index is 14.5. The number of allylic oxidation sites excluding steroid dienone is 1. The van der Waals surface area contributed by atoms with E-state index in [1.165, 1.54) is 0 Å². The van der Waals surface area contributed by atoms with Crippen molar-refractivity contribution >= 4 is 16.6 Å². The van der Waals surface area contributed by atoms with Gasteiger partial charge in [-0.3, -0.25) is 5.10 Å². The van der Waals surface area contributed by atoms with Gasteiger partial charge >= 0.3 is 0 Å². The molecule has 0 spiro atoms. The van der Waals surface area contributed by atoms with Crippen LogP contribution in [0.2, 0.25) is 0 Å². The Hall–Kier alpha value is -2.96. The predicted molar refractivity (Wildman–Crippen MR) is 91.7 cm³/mol. The van der Waals surface area contributed by atoms with Gasteiger partial charge in [0.05, 0.1) is 17.4 Å². The van der Waals surface area contributed by atoms with Gasteiger partial charge in [0, 0.05) is 36.0 Å². The molecule has 26 heavy (non-hydrogen) atoms. The number of aromatic nitrogens is 2. The summed E-state index contributed by atoms with van der Waals surface area (Å²) in [6, 6.07) is 7.42. The second-order valence-corrected chi connectivity index (χ2v) is 6.64. The van der Waals surface area contributed by atoms with Crippen LogP contribution in [-0.4, -0.2) is 21.6 Å². The van der Waals surface area contributed by atoms with E-state index in [1.807, 2.05) is 18.2 Å². The van der Waals surface area contributed by atoms with E-state index >= 15 is 0 Å². The zero-order chi connectivity index (χ0) is 17.8. The molecule has 0 saturated carbocycles. The Morgan fingerprint density at radius 2 is 2.00 bits per heavy atom. The van der Waals surface area contributed by atoms with Crippen molar-refractivity contribution in [1.29, 1.82) is 0 Å². The predicted octanol–water partition coefficient (Wildman–Crippen LogP) is 4.44. The molecule has 132 valence electrons. The van der Waals surface area contributed by atoms with Crippen molar-refractivity contribution in [2.24, 2.45) is 0 Å². The first-order chi connectivity index (χ1) is 12.6. The highest BCUT2D eigenvalue weighted by atomic mass is 19.2. The lowest BCUT2D eigenvalue weighted by molar-refractivity contribution is 0.317. The summed E-state index contributed by atoms with van der Waals surface area (Å²) in [6.07, 6.45) is 5.04. The van der Waals surface area contributed by atoms with Crippen molar-refractivity contribution in [3.05, 3.63) is 71.4 Å². The van der Waals surface area contributed by atoms with Crippen LogP contribution < -0.4 is 4.90 Å². The largest absolute Gasteiger partial charge is 0.349 e. The third-order valence-electron chi connectivity index (χ3n) is 5.06. The average Bonchev–Trinajstić information content (AvgIpc) is 3.32. The molecular formula is C19H15F3N4. The fourth-order valence-electron chi connectivity index (χ4n) is 3.91. The Morgan fingerprint density at radius 1 is 1.12 bits per heavy atom. The lowest BCUT2D eigenvalue weighted by Gasteiger charge is -2.32. The van der Waals surface area contributed by atoms with Crippen molar-refractivity contribution < 1.29 is 13.2 Å². The highest BCUT2D eigenvalue weighted by molar-refractivity contribution is 5.79. The molecule has 3 heterocycles. The molecule has 1 N–H and O–H groups in total. The van der Waals surface area contributed by atoms with Gasteiger partial charge in [0.25, 0.3) is 0 Å². The number of anilines is 1. The Balaban J connectivity index is 1.66. The molecule has 1 unspecified atom stereocenters. The highest BCUT2D eigenvalue weighted by Gasteiger charge is 2.38. The van der Waals surface area contributed by atoms with E-state index < -0.39 is 17.5 Å². The van der Waals surface area contributed by atoms with Crippen LogP contribution >= 0.6 is 0 Å². The zero-order valence-electron chi connectivity index (χ0n) is 13.7. The van der Waals surface area contributed by atoms with Gasteiger partial charge in [-0.25, -0.2) is 13.2 Å². The summed E-state index contributed by atoms with van der Waals surface area (Å²) in [7, 11) is 0. The summed E-state index contributed by atoms with van der Waals surface area (Å²) >= 11 is 0. The minimum absolute atomic E-state index is 0.0957. The highest BCUT2D eigenvalue weighted by Crippen LogP contribution is 2.44. The first kappa shape index (κ1) is 15.3. The van der Waals surface area contributed by atoms with Crippen molar-refractivity contribution in [3.8, 4) is 0 Å². The topological polar surface area (TPSA) is 35.2 Å². The van der Waals surface area contributed by atoms with E-state index in [2.05, 4.69) is 15.1 Å². The van der Waals surface area contributed by atoms with E-state index in [-0.39, 0.29) is 11.9 Å². The molecule has 1 fully saturated rings. The first-order valence-electron chi connectivity index (χ1n) is 8.45. The van der Waals surface area contributed by atoms with E-state index in [0.717, 1.165) is 47.6 Å². The number of rotatable bonds is 2. The number of benzene rings is 2. The smallest absolute Gasteiger partial charge is 0.182 e. The fourth-order valence-corrected chi connectivity index (χ4v) is 3.91. The lowest BCUT2D eigenvalue weighted by atomic mass is 10.1. The number of nitrogens with one attached hydrogen (secondary N) is 1. The van der Waals surface area contributed by atoms with Crippen LogP contribution in [0.25, 0.3) is 10.9 Å². The lowest BCUT2D eigenvalue weighted by Crippen LogP contribution is -2.31. The van der Waals surface area contributed by atoms with Gasteiger partial charge in [0.15, 0.2) is 11.6 Å². The third kappa shape index (κ3) is 2.20. The molecule has 4 nitrogen and oxygen atoms in total. The van der Waals surface area contributed by atoms with Crippen molar-refractivity contribution in [3.63, 3.8) is 0 Å². The number of nitrogens with zero attached hydrogens (tertiary/aromatic N) is 3. The molecule has 0 radical (unpaired) electrons. The van der Waals surface area contributed by atoms with Gasteiger partial charge in [-0.2, -0.15) is 5.10 Å². The van der Waals surface area contributed by atoms with Crippen molar-refractivity contribution in [1.82, 2.24) is 15.1 Å². The summed E-state index contributed by atoms with van der Waals surface area (Å²) < 4.78 is 42.0. The normalized spacial score (nSPS) is 19.3. The monoisotopic (exact) mass is 356 g/mol. The van der Waals surface area contributed by atoms with Crippen LogP contribution in [0.5, 0.6) is 0 Å². The Morgan fingerprint density at radius 3 is 2.88 bits per heavy atom. The van der Waals surface area contributed by atoms with Crippen LogP contribution in [-0.2, 0) is 0 Å². The first-order valence-corrected chi connectivity index (χ1v) is 8.45. The van der Waals surface area contributed by atoms with Gasteiger partial charge in [0.2, 0.25) is 0 Å². The molecule has 0 aliphatic carbocycles. The summed E-state index contributed by atoms with van der Waals surface area (Å²) in [5.74, 6) is -3.03. The molecule has 1 saturated heterocycles. The SMILES string of the molecule is Fc1cc(F)c(F)c(N2C=C3CCCN3C2c2ccc3[nH]ncc3c2)c1. The van der Waals surface area contributed by atoms with Crippen molar-refractivity contribution in [2.45, 2.75) is 19.0 Å². The average molecular weight is 356 g/mol. The van der Waals surface area contributed by atoms with Gasteiger partial charge in [-0.1, -0.05) is 6.07 Å². The van der Waals surface area contributed by atoms with Gasteiger partial charge in [-0.15, -0.1) is 0 Å². The third-order valence-corrected chi connectivity index (χ3v) is 5.06. The Kier molecular flexibility index (Phi) is 3.25. The minimum Gasteiger partial charge on any atom is -0.349 e. The number of H-pyrrole nitrogens is 1. The summed E-state index contributed by atoms with van der Waals surface area (Å²) in [4.78, 5) is 3.78. The second-order valence-electron chi connectivity index (χ2n) is 6.64. The number of aromatic amines is 1. The van der Waals surface area contributed by atoms with Crippen LogP contribution in [0.3, 0.4) is 0 Å². The zero-order valence-corrected chi connectivity index (χ0v) is 13.7. The summed E-state index contributed by atoms with van der Waals surface area (Å²) in [5.41, 5.74) is 2.76. The van der Waals surface area contributed by atoms with Gasteiger partial charge < -0.3 is 9.80 Å². The number of hydrogen-bond acceptors (Lipinski definition) is 3. The van der Waals surface area contributed by atoms with E-state index in [0.29, 0.717) is 6.07 Å². The quantitative estimate of drug-likeness (QED) is 0.690. The van der Waals surface area contributed by atoms with Crippen molar-refractivity contribution in [2.75, 3.05) is 11.4 Å². The van der Waals surface area contributed by atoms with Crippen LogP contribution in [0.15, 0.2) is 48.4 Å². The van der Waals surface area contributed by atoms with E-state index in [9.17, 15) is 13.2 Å². The van der Waals surface area contributed by atoms with Crippen LogP contribution in [0, 0.1) is 17.5 Å². The molecule has 3 aromatic rings. The molecule has 2 aliphatic rings. The molecule has 7 heteroatoms. The van der Waals surface area contributed by atoms with Gasteiger partial charge in [0.1, 0.15) is 12.0 Å².